The lowest BCUT2D eigenvalue weighted by molar-refractivity contribution is -0.137. The second-order valence-corrected chi connectivity index (χ2v) is 10.8. The third-order valence-electron chi connectivity index (χ3n) is 7.52. The molecule has 1 aliphatic carbocycles. The number of aromatic nitrogens is 2. The molecule has 12 heteroatoms. The molecule has 1 atom stereocenters. The van der Waals surface area contributed by atoms with Gasteiger partial charge in [0, 0.05) is 48.1 Å². The topological polar surface area (TPSA) is 122 Å². The minimum absolute atomic E-state index is 0.0243. The van der Waals surface area contributed by atoms with Gasteiger partial charge in [0.05, 0.1) is 5.56 Å². The molecule has 1 saturated carbocycles. The lowest BCUT2D eigenvalue weighted by Gasteiger charge is -2.34. The van der Waals surface area contributed by atoms with Crippen molar-refractivity contribution in [2.75, 3.05) is 28.6 Å². The van der Waals surface area contributed by atoms with Crippen LogP contribution in [-0.4, -0.2) is 40.9 Å². The summed E-state index contributed by atoms with van der Waals surface area (Å²) in [7, 11) is 0. The van der Waals surface area contributed by atoms with Gasteiger partial charge in [-0.25, -0.2) is 9.97 Å². The van der Waals surface area contributed by atoms with Crippen molar-refractivity contribution in [3.8, 4) is 11.6 Å². The number of anilines is 3. The van der Waals surface area contributed by atoms with Crippen LogP contribution >= 0.6 is 0 Å². The first-order valence-electron chi connectivity index (χ1n) is 14.0. The summed E-state index contributed by atoms with van der Waals surface area (Å²) in [6.07, 6.45) is -0.102. The molecule has 1 aliphatic heterocycles. The van der Waals surface area contributed by atoms with Gasteiger partial charge in [0.2, 0.25) is 11.8 Å². The lowest BCUT2D eigenvalue weighted by atomic mass is 10.0. The molecule has 9 nitrogen and oxygen atoms in total. The quantitative estimate of drug-likeness (QED) is 0.242. The minimum Gasteiger partial charge on any atom is -0.439 e. The number of carbonyl (C=O) groups is 2. The number of halogens is 3. The van der Waals surface area contributed by atoms with Gasteiger partial charge in [0.25, 0.3) is 5.91 Å². The number of nitrogens with zero attached hydrogens (tertiary/aromatic N) is 3. The summed E-state index contributed by atoms with van der Waals surface area (Å²) in [4.78, 5) is 35.1. The predicted molar refractivity (Wildman–Crippen MR) is 156 cm³/mol. The Morgan fingerprint density at radius 2 is 1.81 bits per heavy atom. The number of amides is 2. The number of ether oxygens (including phenoxy) is 1. The van der Waals surface area contributed by atoms with E-state index in [1.54, 1.807) is 41.3 Å². The fourth-order valence-corrected chi connectivity index (χ4v) is 5.23. The normalized spacial score (nSPS) is 17.0. The van der Waals surface area contributed by atoms with Crippen LogP contribution in [0.1, 0.15) is 41.6 Å². The average Bonchev–Trinajstić information content (AvgIpc) is 3.82. The maximum atomic E-state index is 14.0. The highest BCUT2D eigenvalue weighted by molar-refractivity contribution is 6.13. The molecule has 0 bridgehead atoms. The van der Waals surface area contributed by atoms with E-state index in [4.69, 9.17) is 10.5 Å². The van der Waals surface area contributed by atoms with Crippen LogP contribution < -0.4 is 26.0 Å². The van der Waals surface area contributed by atoms with Crippen molar-refractivity contribution in [2.24, 2.45) is 11.7 Å². The molecule has 0 spiro atoms. The molecular formula is C31H29F3N6O3. The molecule has 2 heterocycles. The molecule has 4 aromatic rings. The summed E-state index contributed by atoms with van der Waals surface area (Å²) >= 11 is 0. The summed E-state index contributed by atoms with van der Waals surface area (Å²) < 4.78 is 48.0. The van der Waals surface area contributed by atoms with Crippen LogP contribution in [0, 0.1) is 5.92 Å². The van der Waals surface area contributed by atoms with Crippen LogP contribution in [-0.2, 0) is 11.0 Å². The van der Waals surface area contributed by atoms with Gasteiger partial charge in [0.15, 0.2) is 0 Å². The molecule has 2 fully saturated rings. The van der Waals surface area contributed by atoms with E-state index in [2.05, 4.69) is 20.6 Å². The Balaban J connectivity index is 1.20. The van der Waals surface area contributed by atoms with Crippen molar-refractivity contribution in [3.63, 3.8) is 0 Å². The van der Waals surface area contributed by atoms with Gasteiger partial charge in [0.1, 0.15) is 17.9 Å². The number of hydrogen-bond acceptors (Lipinski definition) is 7. The molecule has 222 valence electrons. The molecule has 43 heavy (non-hydrogen) atoms. The molecule has 3 aromatic carbocycles. The molecule has 2 aliphatic rings. The van der Waals surface area contributed by atoms with Gasteiger partial charge in [-0.15, -0.1) is 0 Å². The van der Waals surface area contributed by atoms with Gasteiger partial charge in [-0.2, -0.15) is 13.2 Å². The molecule has 1 unspecified atom stereocenters. The van der Waals surface area contributed by atoms with Crippen molar-refractivity contribution in [1.82, 2.24) is 9.97 Å². The van der Waals surface area contributed by atoms with Crippen molar-refractivity contribution < 1.29 is 27.5 Å². The monoisotopic (exact) mass is 590 g/mol. The minimum atomic E-state index is -4.61. The van der Waals surface area contributed by atoms with E-state index in [1.165, 1.54) is 24.5 Å². The zero-order valence-electron chi connectivity index (χ0n) is 23.0. The maximum Gasteiger partial charge on any atom is 0.418 e. The Kier molecular flexibility index (Phi) is 7.61. The summed E-state index contributed by atoms with van der Waals surface area (Å²) in [6.45, 7) is 0.825. The zero-order chi connectivity index (χ0) is 30.1. The van der Waals surface area contributed by atoms with Crippen LogP contribution in [0.25, 0.3) is 10.8 Å². The predicted octanol–water partition coefficient (Wildman–Crippen LogP) is 5.97. The largest absolute Gasteiger partial charge is 0.439 e. The first-order valence-corrected chi connectivity index (χ1v) is 14.0. The number of fused-ring (bicyclic) bond motifs is 1. The average molecular weight is 591 g/mol. The van der Waals surface area contributed by atoms with E-state index in [-0.39, 0.29) is 40.7 Å². The molecule has 1 saturated heterocycles. The zero-order valence-corrected chi connectivity index (χ0v) is 23.0. The Hall–Kier alpha value is -4.71. The maximum absolute atomic E-state index is 14.0. The number of rotatable bonds is 7. The second kappa shape index (κ2) is 11.5. The summed E-state index contributed by atoms with van der Waals surface area (Å²) in [5, 5.41) is 6.63. The number of carbonyl (C=O) groups excluding carboxylic acids is 2. The summed E-state index contributed by atoms with van der Waals surface area (Å²) in [6, 6.07) is 15.3. The molecule has 1 aromatic heterocycles. The Morgan fingerprint density at radius 3 is 2.58 bits per heavy atom. The van der Waals surface area contributed by atoms with Crippen LogP contribution in [0.5, 0.6) is 11.6 Å². The van der Waals surface area contributed by atoms with Gasteiger partial charge in [-0.1, -0.05) is 12.1 Å². The lowest BCUT2D eigenvalue weighted by Crippen LogP contribution is -2.43. The number of nitrogens with one attached hydrogen (secondary N) is 2. The highest BCUT2D eigenvalue weighted by Gasteiger charge is 2.36. The SMILES string of the molecule is NC1CCCN(c2ccc(NC(=O)c3cccc4cc(Oc5cc(NC(=O)C6CC6)ncn5)ccc34)cc2C(F)(F)F)C1. The summed E-state index contributed by atoms with van der Waals surface area (Å²) in [5.74, 6) is 0.389. The smallest absolute Gasteiger partial charge is 0.418 e. The van der Waals surface area contributed by atoms with Gasteiger partial charge < -0.3 is 26.0 Å². The molecule has 4 N–H and O–H groups in total. The van der Waals surface area contributed by atoms with E-state index >= 15 is 0 Å². The fraction of sp³-hybridized carbons (Fsp3) is 0.290. The first kappa shape index (κ1) is 28.4. The van der Waals surface area contributed by atoms with Crippen LogP contribution in [0.15, 0.2) is 67.0 Å². The van der Waals surface area contributed by atoms with Crippen molar-refractivity contribution in [1.29, 1.82) is 0 Å². The Labute approximate surface area is 245 Å². The van der Waals surface area contributed by atoms with E-state index in [1.807, 2.05) is 0 Å². The molecule has 2 amide bonds. The highest BCUT2D eigenvalue weighted by atomic mass is 19.4. The van der Waals surface area contributed by atoms with E-state index in [0.717, 1.165) is 25.3 Å². The molecule has 0 radical (unpaired) electrons. The number of nitrogens with two attached hydrogens (primary N) is 1. The number of piperidine rings is 1. The second-order valence-electron chi connectivity index (χ2n) is 10.8. The Bertz CT molecular complexity index is 1690. The van der Waals surface area contributed by atoms with Crippen molar-refractivity contribution >= 4 is 39.8 Å². The standard InChI is InChI=1S/C31H29F3N6O3/c32-31(33,34)25-14-21(8-11-26(25)40-12-2-4-20(35)16-40)38-30(42)24-5-1-3-19-13-22(9-10-23(19)24)43-28-15-27(36-17-37-28)39-29(41)18-6-7-18/h1,3,5,8-11,13-15,17-18,20H,2,4,6-7,12,16,35H2,(H,38,42)(H,36,37,39,41). The highest BCUT2D eigenvalue weighted by Crippen LogP contribution is 2.39. The summed E-state index contributed by atoms with van der Waals surface area (Å²) in [5.41, 5.74) is 5.56. The van der Waals surface area contributed by atoms with Gasteiger partial charge >= 0.3 is 6.18 Å². The van der Waals surface area contributed by atoms with E-state index in [9.17, 15) is 22.8 Å². The van der Waals surface area contributed by atoms with Gasteiger partial charge in [-0.3, -0.25) is 9.59 Å². The van der Waals surface area contributed by atoms with Crippen LogP contribution in [0.3, 0.4) is 0 Å². The van der Waals surface area contributed by atoms with Crippen molar-refractivity contribution in [2.45, 2.75) is 37.9 Å². The van der Waals surface area contributed by atoms with Crippen molar-refractivity contribution in [3.05, 3.63) is 78.1 Å². The third kappa shape index (κ3) is 6.54. The molecular weight excluding hydrogens is 561 g/mol. The fourth-order valence-electron chi connectivity index (χ4n) is 5.23. The molecule has 6 rings (SSSR count). The number of alkyl halides is 3. The third-order valence-corrected chi connectivity index (χ3v) is 7.52. The number of hydrogen-bond donors (Lipinski definition) is 3. The van der Waals surface area contributed by atoms with E-state index < -0.39 is 17.6 Å². The first-order chi connectivity index (χ1) is 20.6. The van der Waals surface area contributed by atoms with Crippen LogP contribution in [0.4, 0.5) is 30.4 Å². The van der Waals surface area contributed by atoms with Crippen LogP contribution in [0.2, 0.25) is 0 Å². The Morgan fingerprint density at radius 1 is 0.977 bits per heavy atom. The van der Waals surface area contributed by atoms with E-state index in [0.29, 0.717) is 41.9 Å². The van der Waals surface area contributed by atoms with Gasteiger partial charge in [-0.05, 0) is 78.9 Å². The number of benzene rings is 3.